The molecule has 0 aliphatic carbocycles. The Bertz CT molecular complexity index is 455. The lowest BCUT2D eigenvalue weighted by atomic mass is 10.3. The van der Waals surface area contributed by atoms with Gasteiger partial charge in [0.15, 0.2) is 0 Å². The molecule has 7 heteroatoms. The van der Waals surface area contributed by atoms with E-state index in [1.807, 2.05) is 0 Å². The number of hydrogen-bond acceptors (Lipinski definition) is 3. The van der Waals surface area contributed by atoms with E-state index in [9.17, 15) is 8.42 Å². The van der Waals surface area contributed by atoms with Gasteiger partial charge in [-0.15, -0.1) is 0 Å². The van der Waals surface area contributed by atoms with Crippen molar-refractivity contribution in [2.75, 3.05) is 7.11 Å². The summed E-state index contributed by atoms with van der Waals surface area (Å²) in [6.45, 7) is 0. The zero-order chi connectivity index (χ0) is 10.9. The Balaban J connectivity index is 3.51. The van der Waals surface area contributed by atoms with Gasteiger partial charge < -0.3 is 4.74 Å². The van der Waals surface area contributed by atoms with Gasteiger partial charge in [0.25, 0.3) is 9.05 Å². The van der Waals surface area contributed by atoms with Crippen LogP contribution in [-0.2, 0) is 9.05 Å². The maximum absolute atomic E-state index is 11.0. The molecule has 0 atom stereocenters. The molecule has 0 radical (unpaired) electrons. The molecule has 0 bridgehead atoms. The van der Waals surface area contributed by atoms with Crippen molar-refractivity contribution in [1.82, 2.24) is 0 Å². The fourth-order valence-electron chi connectivity index (χ4n) is 0.835. The van der Waals surface area contributed by atoms with Crippen LogP contribution in [0.5, 0.6) is 5.75 Å². The molecule has 3 nitrogen and oxygen atoms in total. The first kappa shape index (κ1) is 11.9. The Kier molecular flexibility index (Phi) is 3.53. The van der Waals surface area contributed by atoms with E-state index in [0.717, 1.165) is 0 Å². The second-order valence-electron chi connectivity index (χ2n) is 2.36. The zero-order valence-corrected chi connectivity index (χ0v) is 10.0. The lowest BCUT2D eigenvalue weighted by Crippen LogP contribution is -1.94. The Morgan fingerprint density at radius 2 is 1.86 bits per heavy atom. The van der Waals surface area contributed by atoms with Gasteiger partial charge in [0, 0.05) is 22.8 Å². The van der Waals surface area contributed by atoms with Gasteiger partial charge in [0.05, 0.1) is 17.2 Å². The Labute approximate surface area is 95.9 Å². The van der Waals surface area contributed by atoms with Crippen molar-refractivity contribution < 1.29 is 13.2 Å². The third-order valence-corrected chi connectivity index (χ3v) is 3.73. The molecule has 0 unspecified atom stereocenters. The van der Waals surface area contributed by atoms with Gasteiger partial charge in [-0.2, -0.15) is 0 Å². The summed E-state index contributed by atoms with van der Waals surface area (Å²) >= 11 is 11.3. The summed E-state index contributed by atoms with van der Waals surface area (Å²) in [5.41, 5.74) is 0. The summed E-state index contributed by atoms with van der Waals surface area (Å²) in [5.74, 6) is 0.277. The van der Waals surface area contributed by atoms with Crippen LogP contribution in [0.2, 0.25) is 10.0 Å². The maximum Gasteiger partial charge on any atom is 0.262 e. The van der Waals surface area contributed by atoms with Crippen LogP contribution < -0.4 is 4.74 Å². The Morgan fingerprint density at radius 1 is 1.29 bits per heavy atom. The minimum atomic E-state index is -3.91. The standard InChI is InChI=1S/C7H5Cl3O3S/c1-13-4-2-5(8)7(9)6(3-4)14(10,11)12/h2-3H,1H3. The predicted molar refractivity (Wildman–Crippen MR) is 56.1 cm³/mol. The van der Waals surface area contributed by atoms with Gasteiger partial charge in [0.2, 0.25) is 0 Å². The largest absolute Gasteiger partial charge is 0.497 e. The lowest BCUT2D eigenvalue weighted by Gasteiger charge is -2.05. The molecule has 0 aromatic heterocycles. The van der Waals surface area contributed by atoms with Crippen LogP contribution in [0.3, 0.4) is 0 Å². The highest BCUT2D eigenvalue weighted by Crippen LogP contribution is 2.35. The van der Waals surface area contributed by atoms with Crippen molar-refractivity contribution in [2.45, 2.75) is 4.90 Å². The van der Waals surface area contributed by atoms with Gasteiger partial charge in [-0.1, -0.05) is 23.2 Å². The van der Waals surface area contributed by atoms with Gasteiger partial charge in [-0.3, -0.25) is 0 Å². The number of benzene rings is 1. The maximum atomic E-state index is 11.0. The minimum absolute atomic E-state index is 0.0743. The third kappa shape index (κ3) is 2.45. The fourth-order valence-corrected chi connectivity index (χ4v) is 2.58. The molecule has 0 amide bonds. The molecule has 0 aliphatic rings. The molecule has 1 rings (SSSR count). The second kappa shape index (κ2) is 4.14. The van der Waals surface area contributed by atoms with Crippen LogP contribution in [0.25, 0.3) is 0 Å². The fraction of sp³-hybridized carbons (Fsp3) is 0.143. The molecular weight excluding hydrogens is 270 g/mol. The summed E-state index contributed by atoms with van der Waals surface area (Å²) < 4.78 is 26.9. The van der Waals surface area contributed by atoms with E-state index >= 15 is 0 Å². The van der Waals surface area contributed by atoms with Crippen molar-refractivity contribution >= 4 is 42.9 Å². The summed E-state index contributed by atoms with van der Waals surface area (Å²) in [4.78, 5) is -0.259. The molecule has 0 saturated heterocycles. The molecule has 0 aliphatic heterocycles. The Hall–Kier alpha value is -0.160. The van der Waals surface area contributed by atoms with E-state index in [2.05, 4.69) is 0 Å². The van der Waals surface area contributed by atoms with Gasteiger partial charge in [-0.25, -0.2) is 8.42 Å². The van der Waals surface area contributed by atoms with E-state index in [4.69, 9.17) is 38.6 Å². The number of rotatable bonds is 2. The van der Waals surface area contributed by atoms with Crippen molar-refractivity contribution in [3.8, 4) is 5.75 Å². The quantitative estimate of drug-likeness (QED) is 0.780. The van der Waals surface area contributed by atoms with E-state index in [0.29, 0.717) is 0 Å². The second-order valence-corrected chi connectivity index (χ2v) is 5.68. The third-order valence-electron chi connectivity index (χ3n) is 1.47. The number of methoxy groups -OCH3 is 1. The van der Waals surface area contributed by atoms with Crippen LogP contribution in [0, 0.1) is 0 Å². The molecule has 0 spiro atoms. The van der Waals surface area contributed by atoms with Crippen molar-refractivity contribution in [3.63, 3.8) is 0 Å². The first-order valence-electron chi connectivity index (χ1n) is 3.34. The van der Waals surface area contributed by atoms with E-state index in [-0.39, 0.29) is 20.7 Å². The van der Waals surface area contributed by atoms with Crippen molar-refractivity contribution in [1.29, 1.82) is 0 Å². The molecule has 0 heterocycles. The van der Waals surface area contributed by atoms with Crippen LogP contribution in [-0.4, -0.2) is 15.5 Å². The zero-order valence-electron chi connectivity index (χ0n) is 6.92. The highest BCUT2D eigenvalue weighted by atomic mass is 35.7. The van der Waals surface area contributed by atoms with E-state index < -0.39 is 9.05 Å². The van der Waals surface area contributed by atoms with Crippen LogP contribution >= 0.6 is 33.9 Å². The van der Waals surface area contributed by atoms with E-state index in [1.165, 1.54) is 19.2 Å². The number of ether oxygens (including phenoxy) is 1. The van der Waals surface area contributed by atoms with Crippen molar-refractivity contribution in [2.24, 2.45) is 0 Å². The molecule has 78 valence electrons. The number of halogens is 3. The molecule has 0 fully saturated rings. The van der Waals surface area contributed by atoms with E-state index in [1.54, 1.807) is 0 Å². The normalized spacial score (nSPS) is 11.4. The minimum Gasteiger partial charge on any atom is -0.497 e. The highest BCUT2D eigenvalue weighted by Gasteiger charge is 2.18. The SMILES string of the molecule is COc1cc(Cl)c(Cl)c(S(=O)(=O)Cl)c1. The van der Waals surface area contributed by atoms with Gasteiger partial charge >= 0.3 is 0 Å². The highest BCUT2D eigenvalue weighted by molar-refractivity contribution is 8.13. The molecule has 1 aromatic carbocycles. The Morgan fingerprint density at radius 3 is 2.29 bits per heavy atom. The summed E-state index contributed by atoms with van der Waals surface area (Å²) in [6, 6.07) is 2.60. The molecule has 1 aromatic rings. The molecular formula is C7H5Cl3O3S. The summed E-state index contributed by atoms with van der Waals surface area (Å²) in [5, 5.41) is -0.0345. The lowest BCUT2D eigenvalue weighted by molar-refractivity contribution is 0.413. The van der Waals surface area contributed by atoms with Crippen LogP contribution in [0.1, 0.15) is 0 Å². The molecule has 0 saturated carbocycles. The smallest absolute Gasteiger partial charge is 0.262 e. The van der Waals surface area contributed by atoms with Crippen molar-refractivity contribution in [3.05, 3.63) is 22.2 Å². The van der Waals surface area contributed by atoms with Gasteiger partial charge in [-0.05, 0) is 0 Å². The predicted octanol–water partition coefficient (Wildman–Crippen LogP) is 2.93. The topological polar surface area (TPSA) is 43.4 Å². The first-order chi connectivity index (χ1) is 6.36. The average Bonchev–Trinajstić information content (AvgIpc) is 2.07. The van der Waals surface area contributed by atoms with Crippen LogP contribution in [0.4, 0.5) is 0 Å². The van der Waals surface area contributed by atoms with Crippen LogP contribution in [0.15, 0.2) is 17.0 Å². The monoisotopic (exact) mass is 274 g/mol. The molecule has 14 heavy (non-hydrogen) atoms. The summed E-state index contributed by atoms with van der Waals surface area (Å²) in [7, 11) is 2.60. The summed E-state index contributed by atoms with van der Waals surface area (Å²) in [6.07, 6.45) is 0. The van der Waals surface area contributed by atoms with Gasteiger partial charge in [0.1, 0.15) is 10.6 Å². The average molecular weight is 276 g/mol. The first-order valence-corrected chi connectivity index (χ1v) is 6.40. The molecule has 0 N–H and O–H groups in total. The number of hydrogen-bond donors (Lipinski definition) is 0.